The van der Waals surface area contributed by atoms with E-state index in [1.165, 1.54) is 6.07 Å². The van der Waals surface area contributed by atoms with E-state index >= 15 is 0 Å². The average Bonchev–Trinajstić information content (AvgIpc) is 2.58. The molecular weight excluding hydrogens is 293 g/mol. The highest BCUT2D eigenvalue weighted by atomic mass is 19.1. The van der Waals surface area contributed by atoms with E-state index in [1.807, 2.05) is 30.3 Å². The minimum atomic E-state index is -1.11. The van der Waals surface area contributed by atoms with Gasteiger partial charge in [-0.2, -0.15) is 0 Å². The van der Waals surface area contributed by atoms with Gasteiger partial charge in [0.2, 0.25) is 0 Å². The molecule has 0 aromatic heterocycles. The van der Waals surface area contributed by atoms with E-state index in [9.17, 15) is 14.6 Å². The van der Waals surface area contributed by atoms with Crippen LogP contribution in [0.3, 0.4) is 0 Å². The number of halogens is 1. The molecule has 1 unspecified atom stereocenters. The summed E-state index contributed by atoms with van der Waals surface area (Å²) in [7, 11) is 0. The topological polar surface area (TPSA) is 43.7 Å². The third kappa shape index (κ3) is 3.61. The van der Waals surface area contributed by atoms with Crippen LogP contribution >= 0.6 is 0 Å². The van der Waals surface area contributed by atoms with Crippen LogP contribution < -0.4 is 0 Å². The lowest BCUT2D eigenvalue weighted by Gasteiger charge is -2.39. The largest absolute Gasteiger partial charge is 0.387 e. The molecule has 1 aliphatic rings. The summed E-state index contributed by atoms with van der Waals surface area (Å²) in [6.45, 7) is 1.79. The number of hydrogen-bond donors (Lipinski definition) is 2. The van der Waals surface area contributed by atoms with E-state index in [2.05, 4.69) is 4.90 Å². The molecule has 3 rings (SSSR count). The molecule has 1 heterocycles. The van der Waals surface area contributed by atoms with Crippen LogP contribution in [0.1, 0.15) is 30.1 Å². The van der Waals surface area contributed by atoms with Crippen LogP contribution in [0.5, 0.6) is 0 Å². The second-order valence-corrected chi connectivity index (χ2v) is 6.24. The number of aliphatic hydroxyl groups excluding tert-OH is 1. The van der Waals surface area contributed by atoms with E-state index in [1.54, 1.807) is 18.2 Å². The van der Waals surface area contributed by atoms with Crippen molar-refractivity contribution in [2.45, 2.75) is 24.5 Å². The Morgan fingerprint density at radius 1 is 1.00 bits per heavy atom. The maximum Gasteiger partial charge on any atom is 0.129 e. The summed E-state index contributed by atoms with van der Waals surface area (Å²) in [5.41, 5.74) is 0.158. The summed E-state index contributed by atoms with van der Waals surface area (Å²) in [4.78, 5) is 2.12. The number of hydrogen-bond acceptors (Lipinski definition) is 3. The molecule has 0 bridgehead atoms. The van der Waals surface area contributed by atoms with Crippen molar-refractivity contribution in [1.82, 2.24) is 4.90 Å². The number of benzene rings is 2. The molecule has 2 aromatic carbocycles. The lowest BCUT2D eigenvalue weighted by Crippen LogP contribution is -2.44. The van der Waals surface area contributed by atoms with Gasteiger partial charge in [-0.05, 0) is 24.5 Å². The fourth-order valence-corrected chi connectivity index (χ4v) is 3.24. The quantitative estimate of drug-likeness (QED) is 0.912. The Bertz CT molecular complexity index is 639. The Hall–Kier alpha value is -1.75. The first-order valence-electron chi connectivity index (χ1n) is 8.01. The van der Waals surface area contributed by atoms with E-state index in [4.69, 9.17) is 0 Å². The first kappa shape index (κ1) is 16.1. The third-order valence-electron chi connectivity index (χ3n) is 4.67. The molecule has 0 saturated carbocycles. The van der Waals surface area contributed by atoms with Gasteiger partial charge in [0.25, 0.3) is 0 Å². The van der Waals surface area contributed by atoms with Crippen LogP contribution in [0.2, 0.25) is 0 Å². The van der Waals surface area contributed by atoms with Crippen molar-refractivity contribution < 1.29 is 14.6 Å². The average molecular weight is 315 g/mol. The third-order valence-corrected chi connectivity index (χ3v) is 4.67. The summed E-state index contributed by atoms with van der Waals surface area (Å²) in [6, 6.07) is 16.0. The van der Waals surface area contributed by atoms with E-state index < -0.39 is 11.7 Å². The number of rotatable bonds is 4. The Morgan fingerprint density at radius 2 is 1.61 bits per heavy atom. The second kappa shape index (κ2) is 6.79. The van der Waals surface area contributed by atoms with Gasteiger partial charge in [0, 0.05) is 25.2 Å². The number of β-amino-alcohol motifs (C(OH)–C–C–N with tert-alkyl or cyclic N) is 1. The highest BCUT2D eigenvalue weighted by Gasteiger charge is 2.36. The Balaban J connectivity index is 1.61. The van der Waals surface area contributed by atoms with Gasteiger partial charge >= 0.3 is 0 Å². The first-order valence-corrected chi connectivity index (χ1v) is 8.01. The van der Waals surface area contributed by atoms with Crippen molar-refractivity contribution in [3.05, 3.63) is 71.5 Å². The van der Waals surface area contributed by atoms with Crippen LogP contribution in [0.4, 0.5) is 4.39 Å². The van der Waals surface area contributed by atoms with Crippen LogP contribution in [0.15, 0.2) is 54.6 Å². The smallest absolute Gasteiger partial charge is 0.129 e. The van der Waals surface area contributed by atoms with Crippen LogP contribution in [-0.2, 0) is 5.60 Å². The van der Waals surface area contributed by atoms with Gasteiger partial charge in [-0.25, -0.2) is 4.39 Å². The number of nitrogens with zero attached hydrogens (tertiary/aromatic N) is 1. The molecule has 0 amide bonds. The number of aliphatic hydroxyl groups is 2. The minimum Gasteiger partial charge on any atom is -0.387 e. The molecule has 2 N–H and O–H groups in total. The van der Waals surface area contributed by atoms with E-state index in [0.29, 0.717) is 38.0 Å². The monoisotopic (exact) mass is 315 g/mol. The predicted molar refractivity (Wildman–Crippen MR) is 87.4 cm³/mol. The number of likely N-dealkylation sites (tertiary alicyclic amines) is 1. The van der Waals surface area contributed by atoms with E-state index in [-0.39, 0.29) is 5.82 Å². The molecule has 122 valence electrons. The summed E-state index contributed by atoms with van der Waals surface area (Å²) < 4.78 is 13.9. The molecule has 4 heteroatoms. The summed E-state index contributed by atoms with van der Waals surface area (Å²) in [5.74, 6) is -0.354. The highest BCUT2D eigenvalue weighted by Crippen LogP contribution is 2.34. The van der Waals surface area contributed by atoms with Gasteiger partial charge in [0.1, 0.15) is 5.82 Å². The predicted octanol–water partition coefficient (Wildman–Crippen LogP) is 2.84. The second-order valence-electron chi connectivity index (χ2n) is 6.24. The van der Waals surface area contributed by atoms with Gasteiger partial charge in [0.15, 0.2) is 0 Å². The fraction of sp³-hybridized carbons (Fsp3) is 0.368. The maximum absolute atomic E-state index is 13.9. The molecule has 1 saturated heterocycles. The zero-order valence-corrected chi connectivity index (χ0v) is 13.0. The molecule has 1 aliphatic heterocycles. The van der Waals surface area contributed by atoms with Gasteiger partial charge < -0.3 is 15.1 Å². The van der Waals surface area contributed by atoms with Gasteiger partial charge in [-0.1, -0.05) is 48.5 Å². The molecule has 0 spiro atoms. The minimum absolute atomic E-state index is 0.354. The molecular formula is C19H22FNO2. The van der Waals surface area contributed by atoms with Crippen molar-refractivity contribution in [3.63, 3.8) is 0 Å². The molecule has 0 radical (unpaired) electrons. The molecule has 23 heavy (non-hydrogen) atoms. The normalized spacial score (nSPS) is 19.4. The first-order chi connectivity index (χ1) is 11.1. The summed E-state index contributed by atoms with van der Waals surface area (Å²) >= 11 is 0. The van der Waals surface area contributed by atoms with Crippen LogP contribution in [0.25, 0.3) is 0 Å². The molecule has 0 aliphatic carbocycles. The van der Waals surface area contributed by atoms with Gasteiger partial charge in [0.05, 0.1) is 11.7 Å². The fourth-order valence-electron chi connectivity index (χ4n) is 3.24. The van der Waals surface area contributed by atoms with Gasteiger partial charge in [-0.15, -0.1) is 0 Å². The Morgan fingerprint density at radius 3 is 2.26 bits per heavy atom. The maximum atomic E-state index is 13.9. The standard InChI is InChI=1S/C19H22FNO2/c20-17-9-5-4-8-16(17)19(23)10-12-21(13-11-19)14-18(22)15-6-2-1-3-7-15/h1-9,18,22-23H,10-14H2. The lowest BCUT2D eigenvalue weighted by atomic mass is 9.84. The SMILES string of the molecule is OC(CN1CCC(O)(c2ccccc2F)CC1)c1ccccc1. The van der Waals surface area contributed by atoms with Crippen LogP contribution in [-0.4, -0.2) is 34.7 Å². The lowest BCUT2D eigenvalue weighted by molar-refractivity contribution is -0.0367. The molecule has 1 atom stereocenters. The van der Waals surface area contributed by atoms with Crippen molar-refractivity contribution in [2.24, 2.45) is 0 Å². The molecule has 3 nitrogen and oxygen atoms in total. The van der Waals surface area contributed by atoms with E-state index in [0.717, 1.165) is 5.56 Å². The molecule has 2 aromatic rings. The zero-order valence-electron chi connectivity index (χ0n) is 13.0. The highest BCUT2D eigenvalue weighted by molar-refractivity contribution is 5.25. The summed E-state index contributed by atoms with van der Waals surface area (Å²) in [5, 5.41) is 21.1. The number of piperidine rings is 1. The van der Waals surface area contributed by atoms with Crippen molar-refractivity contribution >= 4 is 0 Å². The van der Waals surface area contributed by atoms with Crippen molar-refractivity contribution in [3.8, 4) is 0 Å². The Labute approximate surface area is 136 Å². The van der Waals surface area contributed by atoms with Gasteiger partial charge in [-0.3, -0.25) is 0 Å². The van der Waals surface area contributed by atoms with Crippen molar-refractivity contribution in [1.29, 1.82) is 0 Å². The summed E-state index contributed by atoms with van der Waals surface area (Å²) in [6.07, 6.45) is 0.390. The Kier molecular flexibility index (Phi) is 4.76. The molecule has 1 fully saturated rings. The van der Waals surface area contributed by atoms with Crippen molar-refractivity contribution in [2.75, 3.05) is 19.6 Å². The van der Waals surface area contributed by atoms with Crippen LogP contribution in [0, 0.1) is 5.82 Å². The zero-order chi connectivity index (χ0) is 16.3.